The second kappa shape index (κ2) is 6.49. The number of amides is 1. The summed E-state index contributed by atoms with van der Waals surface area (Å²) >= 11 is 0. The zero-order valence-corrected chi connectivity index (χ0v) is 14.2. The summed E-state index contributed by atoms with van der Waals surface area (Å²) < 4.78 is 2.20. The molecule has 0 atom stereocenters. The molecule has 0 radical (unpaired) electrons. The predicted octanol–water partition coefficient (Wildman–Crippen LogP) is 3.09. The summed E-state index contributed by atoms with van der Waals surface area (Å²) in [7, 11) is 0. The normalized spacial score (nSPS) is 15.1. The Kier molecular flexibility index (Phi) is 4.42. The van der Waals surface area contributed by atoms with Gasteiger partial charge in [-0.3, -0.25) is 4.79 Å². The molecule has 0 unspecified atom stereocenters. The number of hydrogen-bond donors (Lipinski definition) is 0. The molecule has 4 nitrogen and oxygen atoms in total. The maximum atomic E-state index is 12.8. The van der Waals surface area contributed by atoms with Crippen molar-refractivity contribution in [2.24, 2.45) is 0 Å². The van der Waals surface area contributed by atoms with Gasteiger partial charge in [-0.15, -0.1) is 0 Å². The van der Waals surface area contributed by atoms with Crippen molar-refractivity contribution in [1.82, 2.24) is 9.47 Å². The maximum absolute atomic E-state index is 12.8. The van der Waals surface area contributed by atoms with Gasteiger partial charge in [0.15, 0.2) is 0 Å². The zero-order valence-electron chi connectivity index (χ0n) is 14.2. The highest BCUT2D eigenvalue weighted by molar-refractivity contribution is 5.96. The fourth-order valence-electron chi connectivity index (χ4n) is 3.48. The van der Waals surface area contributed by atoms with Gasteiger partial charge in [0.1, 0.15) is 0 Å². The van der Waals surface area contributed by atoms with Crippen LogP contribution in [0.25, 0.3) is 0 Å². The Labute approximate surface area is 138 Å². The average molecular weight is 311 g/mol. The van der Waals surface area contributed by atoms with Crippen molar-refractivity contribution in [3.63, 3.8) is 0 Å². The first-order valence-electron chi connectivity index (χ1n) is 8.37. The molecular weight excluding hydrogens is 286 g/mol. The molecule has 1 aromatic carbocycles. The minimum atomic E-state index is 0.172. The number of carbonyl (C=O) groups excluding carboxylic acids is 1. The molecule has 2 heterocycles. The number of piperazine rings is 1. The van der Waals surface area contributed by atoms with Gasteiger partial charge in [-0.2, -0.15) is 0 Å². The molecule has 1 aromatic heterocycles. The minimum Gasteiger partial charge on any atom is -0.368 e. The number of nitrogens with zero attached hydrogens (tertiary/aromatic N) is 3. The molecule has 4 heteroatoms. The van der Waals surface area contributed by atoms with Gasteiger partial charge in [0.25, 0.3) is 5.91 Å². The molecule has 2 aromatic rings. The highest BCUT2D eigenvalue weighted by Gasteiger charge is 2.25. The molecule has 122 valence electrons. The predicted molar refractivity (Wildman–Crippen MR) is 94.1 cm³/mol. The Bertz CT molecular complexity index is 682. The van der Waals surface area contributed by atoms with E-state index in [9.17, 15) is 4.79 Å². The van der Waals surface area contributed by atoms with Crippen LogP contribution in [0, 0.1) is 13.8 Å². The summed E-state index contributed by atoms with van der Waals surface area (Å²) in [6.45, 7) is 10.5. The lowest BCUT2D eigenvalue weighted by molar-refractivity contribution is 0.0746. The fourth-order valence-corrected chi connectivity index (χ4v) is 3.48. The van der Waals surface area contributed by atoms with E-state index < -0.39 is 0 Å². The van der Waals surface area contributed by atoms with Gasteiger partial charge in [-0.25, -0.2) is 0 Å². The summed E-state index contributed by atoms with van der Waals surface area (Å²) in [5.41, 5.74) is 4.35. The van der Waals surface area contributed by atoms with Crippen LogP contribution in [0.15, 0.2) is 36.4 Å². The Morgan fingerprint density at radius 1 is 1.04 bits per heavy atom. The molecule has 1 aliphatic rings. The zero-order chi connectivity index (χ0) is 16.4. The lowest BCUT2D eigenvalue weighted by Crippen LogP contribution is -2.48. The van der Waals surface area contributed by atoms with Crippen LogP contribution in [0.5, 0.6) is 0 Å². The summed E-state index contributed by atoms with van der Waals surface area (Å²) in [5.74, 6) is 0.172. The maximum Gasteiger partial charge on any atom is 0.255 e. The summed E-state index contributed by atoms with van der Waals surface area (Å²) in [6, 6.07) is 12.5. The Balaban J connectivity index is 1.69. The standard InChI is InChI=1S/C19H25N3O/c1-4-22-15(2)14-18(16(22)3)19(23)21-12-10-20(11-13-21)17-8-6-5-7-9-17/h5-9,14H,4,10-13H2,1-3H3. The Morgan fingerprint density at radius 2 is 1.70 bits per heavy atom. The second-order valence-electron chi connectivity index (χ2n) is 6.14. The van der Waals surface area contributed by atoms with E-state index in [1.54, 1.807) is 0 Å². The molecule has 1 saturated heterocycles. The quantitative estimate of drug-likeness (QED) is 0.871. The number of rotatable bonds is 3. The highest BCUT2D eigenvalue weighted by atomic mass is 16.2. The van der Waals surface area contributed by atoms with E-state index in [1.807, 2.05) is 24.0 Å². The van der Waals surface area contributed by atoms with Crippen molar-refractivity contribution in [2.45, 2.75) is 27.3 Å². The van der Waals surface area contributed by atoms with Crippen molar-refractivity contribution < 1.29 is 4.79 Å². The van der Waals surface area contributed by atoms with Crippen molar-refractivity contribution in [3.05, 3.63) is 53.3 Å². The lowest BCUT2D eigenvalue weighted by Gasteiger charge is -2.36. The molecule has 3 rings (SSSR count). The van der Waals surface area contributed by atoms with Crippen LogP contribution in [0.3, 0.4) is 0 Å². The number of para-hydroxylation sites is 1. The minimum absolute atomic E-state index is 0.172. The number of anilines is 1. The smallest absolute Gasteiger partial charge is 0.255 e. The summed E-state index contributed by atoms with van der Waals surface area (Å²) in [5, 5.41) is 0. The molecular formula is C19H25N3O. The van der Waals surface area contributed by atoms with Gasteiger partial charge < -0.3 is 14.4 Å². The van der Waals surface area contributed by atoms with Crippen molar-refractivity contribution in [2.75, 3.05) is 31.1 Å². The van der Waals surface area contributed by atoms with Crippen LogP contribution < -0.4 is 4.90 Å². The van der Waals surface area contributed by atoms with Crippen LogP contribution in [0.2, 0.25) is 0 Å². The topological polar surface area (TPSA) is 28.5 Å². The number of carbonyl (C=O) groups is 1. The summed E-state index contributed by atoms with van der Waals surface area (Å²) in [4.78, 5) is 17.2. The lowest BCUT2D eigenvalue weighted by atomic mass is 10.2. The van der Waals surface area contributed by atoms with Crippen molar-refractivity contribution in [3.8, 4) is 0 Å². The molecule has 0 spiro atoms. The van der Waals surface area contributed by atoms with Crippen LogP contribution >= 0.6 is 0 Å². The number of aromatic nitrogens is 1. The third-order valence-electron chi connectivity index (χ3n) is 4.81. The molecule has 1 amide bonds. The van der Waals surface area contributed by atoms with Gasteiger partial charge in [0.2, 0.25) is 0 Å². The van der Waals surface area contributed by atoms with E-state index in [0.717, 1.165) is 49.7 Å². The SMILES string of the molecule is CCn1c(C)cc(C(=O)N2CCN(c3ccccc3)CC2)c1C. The van der Waals surface area contributed by atoms with Gasteiger partial charge in [-0.1, -0.05) is 18.2 Å². The van der Waals surface area contributed by atoms with Gasteiger partial charge in [-0.05, 0) is 39.0 Å². The van der Waals surface area contributed by atoms with E-state index in [-0.39, 0.29) is 5.91 Å². The van der Waals surface area contributed by atoms with Gasteiger partial charge >= 0.3 is 0 Å². The third-order valence-corrected chi connectivity index (χ3v) is 4.81. The highest BCUT2D eigenvalue weighted by Crippen LogP contribution is 2.20. The monoisotopic (exact) mass is 311 g/mol. The van der Waals surface area contributed by atoms with Gasteiger partial charge in [0, 0.05) is 49.8 Å². The van der Waals surface area contributed by atoms with E-state index in [2.05, 4.69) is 47.6 Å². The van der Waals surface area contributed by atoms with Crippen LogP contribution in [-0.4, -0.2) is 41.6 Å². The first-order valence-corrected chi connectivity index (χ1v) is 8.37. The fraction of sp³-hybridized carbons (Fsp3) is 0.421. The van der Waals surface area contributed by atoms with E-state index in [4.69, 9.17) is 0 Å². The largest absolute Gasteiger partial charge is 0.368 e. The van der Waals surface area contributed by atoms with E-state index in [0.29, 0.717) is 0 Å². The first kappa shape index (κ1) is 15.7. The molecule has 0 bridgehead atoms. The van der Waals surface area contributed by atoms with Gasteiger partial charge in [0.05, 0.1) is 5.56 Å². The van der Waals surface area contributed by atoms with Crippen LogP contribution in [-0.2, 0) is 6.54 Å². The average Bonchev–Trinajstić information content (AvgIpc) is 2.89. The molecule has 0 N–H and O–H groups in total. The van der Waals surface area contributed by atoms with Crippen molar-refractivity contribution >= 4 is 11.6 Å². The van der Waals surface area contributed by atoms with E-state index >= 15 is 0 Å². The summed E-state index contributed by atoms with van der Waals surface area (Å²) in [6.07, 6.45) is 0. The first-order chi connectivity index (χ1) is 11.1. The third kappa shape index (κ3) is 2.98. The Morgan fingerprint density at radius 3 is 2.26 bits per heavy atom. The molecule has 1 fully saturated rings. The van der Waals surface area contributed by atoms with Crippen LogP contribution in [0.1, 0.15) is 28.7 Å². The number of benzene rings is 1. The van der Waals surface area contributed by atoms with Crippen molar-refractivity contribution in [1.29, 1.82) is 0 Å². The number of hydrogen-bond acceptors (Lipinski definition) is 2. The molecule has 1 aliphatic heterocycles. The molecule has 0 aliphatic carbocycles. The van der Waals surface area contributed by atoms with Crippen LogP contribution in [0.4, 0.5) is 5.69 Å². The molecule has 23 heavy (non-hydrogen) atoms. The second-order valence-corrected chi connectivity index (χ2v) is 6.14. The Hall–Kier alpha value is -2.23. The number of aryl methyl sites for hydroxylation is 1. The molecule has 0 saturated carbocycles. The van der Waals surface area contributed by atoms with E-state index in [1.165, 1.54) is 5.69 Å².